The van der Waals surface area contributed by atoms with Crippen LogP contribution < -0.4 is 10.6 Å². The lowest BCUT2D eigenvalue weighted by molar-refractivity contribution is -0.136. The molecular weight excluding hydrogens is 352 g/mol. The molecule has 0 spiro atoms. The van der Waals surface area contributed by atoms with Crippen LogP contribution >= 0.6 is 0 Å². The molecule has 3 rings (SSSR count). The van der Waals surface area contributed by atoms with Gasteiger partial charge in [-0.15, -0.1) is 0 Å². The summed E-state index contributed by atoms with van der Waals surface area (Å²) in [5.74, 6) is -0.540. The molecule has 0 aliphatic heterocycles. The zero-order valence-electron chi connectivity index (χ0n) is 16.9. The highest BCUT2D eigenvalue weighted by Gasteiger charge is 2.25. The Bertz CT molecular complexity index is 804. The number of aromatic nitrogens is 2. The van der Waals surface area contributed by atoms with Gasteiger partial charge in [0, 0.05) is 6.07 Å². The smallest absolute Gasteiger partial charge is 0.314 e. The molecule has 150 valence electrons. The molecule has 0 unspecified atom stereocenters. The Balaban J connectivity index is 1.66. The fraction of sp³-hybridized carbons (Fsp3) is 0.500. The highest BCUT2D eigenvalue weighted by Crippen LogP contribution is 2.31. The van der Waals surface area contributed by atoms with E-state index in [1.54, 1.807) is 12.3 Å². The van der Waals surface area contributed by atoms with E-state index in [9.17, 15) is 9.59 Å². The second-order valence-electron chi connectivity index (χ2n) is 7.84. The topological polar surface area (TPSA) is 76.0 Å². The Labute approximate surface area is 166 Å². The summed E-state index contributed by atoms with van der Waals surface area (Å²) in [5, 5.41) is 9.96. The van der Waals surface area contributed by atoms with Crippen molar-refractivity contribution in [3.05, 3.63) is 47.7 Å². The van der Waals surface area contributed by atoms with Crippen LogP contribution in [0.2, 0.25) is 0 Å². The second kappa shape index (κ2) is 9.04. The third kappa shape index (κ3) is 4.61. The Morgan fingerprint density at radius 3 is 2.39 bits per heavy atom. The minimum Gasteiger partial charge on any atom is -0.341 e. The molecule has 1 aromatic carbocycles. The van der Waals surface area contributed by atoms with Gasteiger partial charge in [-0.3, -0.25) is 9.59 Å². The monoisotopic (exact) mass is 382 g/mol. The van der Waals surface area contributed by atoms with E-state index >= 15 is 0 Å². The number of rotatable bonds is 6. The molecule has 1 saturated carbocycles. The van der Waals surface area contributed by atoms with Crippen molar-refractivity contribution in [2.75, 3.05) is 5.32 Å². The highest BCUT2D eigenvalue weighted by molar-refractivity contribution is 6.39. The third-order valence-electron chi connectivity index (χ3n) is 5.49. The summed E-state index contributed by atoms with van der Waals surface area (Å²) in [4.78, 5) is 25.1. The summed E-state index contributed by atoms with van der Waals surface area (Å²) in [6, 6.07) is 10.0. The van der Waals surface area contributed by atoms with Gasteiger partial charge in [0.1, 0.15) is 5.82 Å². The molecule has 6 nitrogen and oxygen atoms in total. The first-order chi connectivity index (χ1) is 13.5. The molecule has 1 atom stereocenters. The first-order valence-electron chi connectivity index (χ1n) is 10.2. The van der Waals surface area contributed by atoms with Gasteiger partial charge < -0.3 is 10.6 Å². The number of anilines is 1. The van der Waals surface area contributed by atoms with Gasteiger partial charge in [-0.1, -0.05) is 57.9 Å². The fourth-order valence-electron chi connectivity index (χ4n) is 3.83. The summed E-state index contributed by atoms with van der Waals surface area (Å²) in [7, 11) is 0. The molecule has 28 heavy (non-hydrogen) atoms. The van der Waals surface area contributed by atoms with Gasteiger partial charge in [0.05, 0.1) is 18.3 Å². The lowest BCUT2D eigenvalue weighted by Crippen LogP contribution is -2.40. The number of carbonyl (C=O) groups excluding carboxylic acids is 2. The number of benzene rings is 1. The number of aryl methyl sites for hydroxylation is 1. The standard InChI is InChI=1S/C22H30N4O2/c1-4-16-9-11-17(12-10-16)20(15(2)3)25-22(28)21(27)24-19-13-14-23-26(19)18-7-5-6-8-18/h9-15,18,20H,4-8H2,1-3H3,(H,24,27)(H,25,28)/t20-/m0/s1. The molecule has 1 aliphatic carbocycles. The van der Waals surface area contributed by atoms with Crippen LogP contribution in [0.1, 0.15) is 69.7 Å². The normalized spacial score (nSPS) is 15.6. The van der Waals surface area contributed by atoms with Gasteiger partial charge >= 0.3 is 11.8 Å². The summed E-state index contributed by atoms with van der Waals surface area (Å²) in [6.07, 6.45) is 7.09. The lowest BCUT2D eigenvalue weighted by atomic mass is 9.95. The van der Waals surface area contributed by atoms with E-state index in [0.29, 0.717) is 11.9 Å². The second-order valence-corrected chi connectivity index (χ2v) is 7.84. The van der Waals surface area contributed by atoms with Crippen LogP contribution in [0.25, 0.3) is 0 Å². The molecular formula is C22H30N4O2. The first kappa shape index (κ1) is 20.1. The van der Waals surface area contributed by atoms with Crippen LogP contribution in [0.4, 0.5) is 5.82 Å². The number of hydrogen-bond donors (Lipinski definition) is 2. The quantitative estimate of drug-likeness (QED) is 0.741. The van der Waals surface area contributed by atoms with Crippen LogP contribution in [0.5, 0.6) is 0 Å². The maximum Gasteiger partial charge on any atom is 0.314 e. The van der Waals surface area contributed by atoms with Crippen molar-refractivity contribution < 1.29 is 9.59 Å². The predicted octanol–water partition coefficient (Wildman–Crippen LogP) is 4.01. The van der Waals surface area contributed by atoms with Gasteiger partial charge in [0.2, 0.25) is 0 Å². The molecule has 2 N–H and O–H groups in total. The van der Waals surface area contributed by atoms with Crippen molar-refractivity contribution in [3.8, 4) is 0 Å². The van der Waals surface area contributed by atoms with E-state index in [1.165, 1.54) is 18.4 Å². The van der Waals surface area contributed by atoms with Crippen LogP contribution in [0, 0.1) is 5.92 Å². The maximum atomic E-state index is 12.6. The molecule has 0 bridgehead atoms. The van der Waals surface area contributed by atoms with E-state index in [4.69, 9.17) is 0 Å². The molecule has 2 aromatic rings. The van der Waals surface area contributed by atoms with Crippen molar-refractivity contribution in [3.63, 3.8) is 0 Å². The first-order valence-corrected chi connectivity index (χ1v) is 10.2. The Hall–Kier alpha value is -2.63. The number of nitrogens with one attached hydrogen (secondary N) is 2. The van der Waals surface area contributed by atoms with Gasteiger partial charge in [-0.2, -0.15) is 5.10 Å². The van der Waals surface area contributed by atoms with Gasteiger partial charge in [0.25, 0.3) is 0 Å². The van der Waals surface area contributed by atoms with E-state index in [-0.39, 0.29) is 12.0 Å². The van der Waals surface area contributed by atoms with Gasteiger partial charge in [-0.05, 0) is 36.3 Å². The van der Waals surface area contributed by atoms with E-state index in [1.807, 2.05) is 30.7 Å². The summed E-state index contributed by atoms with van der Waals surface area (Å²) >= 11 is 0. The van der Waals surface area contributed by atoms with Crippen molar-refractivity contribution in [1.82, 2.24) is 15.1 Å². The van der Waals surface area contributed by atoms with Gasteiger partial charge in [-0.25, -0.2) is 4.68 Å². The van der Waals surface area contributed by atoms with Crippen molar-refractivity contribution in [2.45, 2.75) is 65.0 Å². The number of hydrogen-bond acceptors (Lipinski definition) is 3. The third-order valence-corrected chi connectivity index (χ3v) is 5.49. The molecule has 1 aromatic heterocycles. The van der Waals surface area contributed by atoms with Crippen LogP contribution in [-0.2, 0) is 16.0 Å². The summed E-state index contributed by atoms with van der Waals surface area (Å²) < 4.78 is 1.83. The zero-order chi connectivity index (χ0) is 20.1. The molecule has 1 aliphatic rings. The lowest BCUT2D eigenvalue weighted by Gasteiger charge is -2.23. The minimum atomic E-state index is -0.657. The van der Waals surface area contributed by atoms with E-state index in [2.05, 4.69) is 34.8 Å². The Morgan fingerprint density at radius 1 is 1.11 bits per heavy atom. The predicted molar refractivity (Wildman–Crippen MR) is 110 cm³/mol. The number of amides is 2. The number of carbonyl (C=O) groups is 2. The Morgan fingerprint density at radius 2 is 1.79 bits per heavy atom. The minimum absolute atomic E-state index is 0.160. The van der Waals surface area contributed by atoms with E-state index < -0.39 is 11.8 Å². The largest absolute Gasteiger partial charge is 0.341 e. The van der Waals surface area contributed by atoms with Crippen molar-refractivity contribution in [2.24, 2.45) is 5.92 Å². The fourth-order valence-corrected chi connectivity index (χ4v) is 3.83. The molecule has 0 saturated heterocycles. The van der Waals surface area contributed by atoms with Crippen molar-refractivity contribution in [1.29, 1.82) is 0 Å². The van der Waals surface area contributed by atoms with E-state index in [0.717, 1.165) is 24.8 Å². The van der Waals surface area contributed by atoms with Crippen LogP contribution in [0.15, 0.2) is 36.5 Å². The zero-order valence-corrected chi connectivity index (χ0v) is 16.9. The summed E-state index contributed by atoms with van der Waals surface area (Å²) in [5.41, 5.74) is 2.25. The SMILES string of the molecule is CCc1ccc([C@@H](NC(=O)C(=O)Nc2ccnn2C2CCCC2)C(C)C)cc1. The molecule has 1 fully saturated rings. The number of nitrogens with zero attached hydrogens (tertiary/aromatic N) is 2. The van der Waals surface area contributed by atoms with Crippen molar-refractivity contribution >= 4 is 17.6 Å². The molecule has 0 radical (unpaired) electrons. The van der Waals surface area contributed by atoms with Crippen LogP contribution in [0.3, 0.4) is 0 Å². The molecule has 6 heteroatoms. The molecule has 1 heterocycles. The average Bonchev–Trinajstić information content (AvgIpc) is 3.37. The Kier molecular flexibility index (Phi) is 6.49. The van der Waals surface area contributed by atoms with Gasteiger partial charge in [0.15, 0.2) is 0 Å². The van der Waals surface area contributed by atoms with Crippen LogP contribution in [-0.4, -0.2) is 21.6 Å². The average molecular weight is 383 g/mol. The summed E-state index contributed by atoms with van der Waals surface area (Å²) in [6.45, 7) is 6.18. The molecule has 2 amide bonds. The maximum absolute atomic E-state index is 12.6. The highest BCUT2D eigenvalue weighted by atomic mass is 16.2.